The predicted molar refractivity (Wildman–Crippen MR) is 62.3 cm³/mol. The van der Waals surface area contributed by atoms with Crippen LogP contribution in [0.15, 0.2) is 60.7 Å². The van der Waals surface area contributed by atoms with Crippen LogP contribution in [0, 0.1) is 0 Å². The molecule has 0 atom stereocenters. The van der Waals surface area contributed by atoms with Gasteiger partial charge in [-0.2, -0.15) is 0 Å². The van der Waals surface area contributed by atoms with Crippen molar-refractivity contribution in [2.75, 3.05) is 3.38 Å². The van der Waals surface area contributed by atoms with Crippen molar-refractivity contribution < 1.29 is 20.7 Å². The average Bonchev–Trinajstić information content (AvgIpc) is 2.30. The predicted octanol–water partition coefficient (Wildman–Crippen LogP) is 3.71. The zero-order valence-electron chi connectivity index (χ0n) is 8.13. The molecule has 0 spiro atoms. The van der Waals surface area contributed by atoms with Crippen LogP contribution in [-0.2, 0) is 20.7 Å². The van der Waals surface area contributed by atoms with E-state index >= 15 is 0 Å². The molecular weight excluding hydrogens is 241 g/mol. The summed E-state index contributed by atoms with van der Waals surface area (Å²) in [4.78, 5) is 0. The molecule has 2 aromatic carbocycles. The van der Waals surface area contributed by atoms with E-state index in [4.69, 9.17) is 0 Å². The number of hydrogen-bond donors (Lipinski definition) is 0. The van der Waals surface area contributed by atoms with Crippen LogP contribution in [0.25, 0.3) is 0 Å². The molecule has 2 rings (SSSR count). The number of hydrogen-bond acceptors (Lipinski definition) is 1. The van der Waals surface area contributed by atoms with Crippen LogP contribution in [-0.4, -0.2) is 0 Å². The first-order valence-corrected chi connectivity index (χ1v) is 5.19. The minimum absolute atomic E-state index is 0. The van der Waals surface area contributed by atoms with Gasteiger partial charge in [0.2, 0.25) is 0 Å². The molecular formula is C12H11ClNTi. The van der Waals surface area contributed by atoms with Gasteiger partial charge in [0.1, 0.15) is 0 Å². The molecule has 0 aromatic heterocycles. The van der Waals surface area contributed by atoms with E-state index in [1.165, 1.54) is 11.4 Å². The van der Waals surface area contributed by atoms with Gasteiger partial charge >= 0.3 is 96.1 Å². The summed E-state index contributed by atoms with van der Waals surface area (Å²) in [6, 6.07) is 20.7. The van der Waals surface area contributed by atoms with Crippen LogP contribution < -0.4 is 3.38 Å². The molecule has 0 fully saturated rings. The van der Waals surface area contributed by atoms with E-state index in [0.29, 0.717) is 0 Å². The summed E-state index contributed by atoms with van der Waals surface area (Å²) in [6.45, 7) is 0. The summed E-state index contributed by atoms with van der Waals surface area (Å²) >= 11 is 2.07. The van der Waals surface area contributed by atoms with Crippen LogP contribution in [0.5, 0.6) is 0 Å². The first-order valence-electron chi connectivity index (χ1n) is 4.49. The molecule has 3 heteroatoms. The Morgan fingerprint density at radius 1 is 0.667 bits per heavy atom. The van der Waals surface area contributed by atoms with Crippen LogP contribution in [0.2, 0.25) is 0 Å². The molecule has 15 heavy (non-hydrogen) atoms. The molecule has 2 aromatic rings. The summed E-state index contributed by atoms with van der Waals surface area (Å²) in [5, 5.41) is 0. The fourth-order valence-corrected chi connectivity index (χ4v) is 1.77. The molecule has 0 aliphatic rings. The molecule has 0 bridgehead atoms. The Bertz CT molecular complexity index is 351. The van der Waals surface area contributed by atoms with E-state index in [0.717, 1.165) is 0 Å². The van der Waals surface area contributed by atoms with Crippen LogP contribution in [0.3, 0.4) is 0 Å². The number of anilines is 2. The van der Waals surface area contributed by atoms with Gasteiger partial charge in [-0.3, -0.25) is 0 Å². The fraction of sp³-hybridized carbons (Fsp3) is 0. The quantitative estimate of drug-likeness (QED) is 0.737. The Kier molecular flexibility index (Phi) is 4.90. The molecule has 75 valence electrons. The van der Waals surface area contributed by atoms with Crippen molar-refractivity contribution in [1.29, 1.82) is 0 Å². The van der Waals surface area contributed by atoms with Gasteiger partial charge in [-0.1, -0.05) is 0 Å². The molecule has 0 aliphatic carbocycles. The van der Waals surface area contributed by atoms with Crippen LogP contribution in [0.4, 0.5) is 11.4 Å². The van der Waals surface area contributed by atoms with Crippen molar-refractivity contribution in [3.05, 3.63) is 60.7 Å². The van der Waals surface area contributed by atoms with Gasteiger partial charge in [-0.25, -0.2) is 0 Å². The topological polar surface area (TPSA) is 3.24 Å². The summed E-state index contributed by atoms with van der Waals surface area (Å²) < 4.78 is 2.17. The second-order valence-corrected chi connectivity index (χ2v) is 3.70. The Labute approximate surface area is 108 Å². The third-order valence-electron chi connectivity index (χ3n) is 2.03. The SMILES string of the molecule is Cl.[Ti][N](c1ccccc1)c1ccccc1. The summed E-state index contributed by atoms with van der Waals surface area (Å²) in [7, 11) is 0. The van der Waals surface area contributed by atoms with Crippen molar-refractivity contribution in [2.45, 2.75) is 0 Å². The van der Waals surface area contributed by atoms with Gasteiger partial charge in [0.05, 0.1) is 0 Å². The van der Waals surface area contributed by atoms with Gasteiger partial charge < -0.3 is 0 Å². The van der Waals surface area contributed by atoms with Crippen LogP contribution in [0.1, 0.15) is 0 Å². The molecule has 0 heterocycles. The van der Waals surface area contributed by atoms with E-state index in [1.54, 1.807) is 0 Å². The van der Waals surface area contributed by atoms with Crippen molar-refractivity contribution in [1.82, 2.24) is 0 Å². The van der Waals surface area contributed by atoms with Gasteiger partial charge in [-0.05, 0) is 0 Å². The minimum atomic E-state index is 0. The Balaban J connectivity index is 0.00000112. The van der Waals surface area contributed by atoms with E-state index in [1.807, 2.05) is 12.1 Å². The molecule has 0 amide bonds. The monoisotopic (exact) mass is 252 g/mol. The Morgan fingerprint density at radius 2 is 1.00 bits per heavy atom. The van der Waals surface area contributed by atoms with Gasteiger partial charge in [0.15, 0.2) is 0 Å². The van der Waals surface area contributed by atoms with E-state index in [9.17, 15) is 0 Å². The molecule has 0 radical (unpaired) electrons. The van der Waals surface area contributed by atoms with E-state index in [2.05, 4.69) is 72.6 Å². The Morgan fingerprint density at radius 3 is 1.33 bits per heavy atom. The second-order valence-electron chi connectivity index (χ2n) is 3.01. The molecule has 0 N–H and O–H groups in total. The summed E-state index contributed by atoms with van der Waals surface area (Å²) in [6.07, 6.45) is 0. The molecule has 0 saturated heterocycles. The second kappa shape index (κ2) is 5.97. The first kappa shape index (κ1) is 12.3. The normalized spacial score (nSPS) is 9.00. The Hall–Kier alpha value is -0.756. The third kappa shape index (κ3) is 3.10. The fourth-order valence-electron chi connectivity index (χ4n) is 1.30. The van der Waals surface area contributed by atoms with Gasteiger partial charge in [0, 0.05) is 0 Å². The van der Waals surface area contributed by atoms with E-state index in [-0.39, 0.29) is 12.4 Å². The number of halogens is 1. The van der Waals surface area contributed by atoms with Gasteiger partial charge in [-0.15, -0.1) is 12.4 Å². The first-order chi connectivity index (χ1) is 6.88. The summed E-state index contributed by atoms with van der Waals surface area (Å²) in [5.74, 6) is 0. The van der Waals surface area contributed by atoms with E-state index < -0.39 is 0 Å². The number of para-hydroxylation sites is 2. The van der Waals surface area contributed by atoms with Crippen molar-refractivity contribution in [3.8, 4) is 0 Å². The third-order valence-corrected chi connectivity index (χ3v) is 2.84. The maximum absolute atomic E-state index is 2.17. The van der Waals surface area contributed by atoms with Crippen LogP contribution >= 0.6 is 12.4 Å². The van der Waals surface area contributed by atoms with Crippen molar-refractivity contribution >= 4 is 23.8 Å². The number of rotatable bonds is 2. The van der Waals surface area contributed by atoms with Crippen molar-refractivity contribution in [3.63, 3.8) is 0 Å². The summed E-state index contributed by atoms with van der Waals surface area (Å²) in [5.41, 5.74) is 2.41. The van der Waals surface area contributed by atoms with Gasteiger partial charge in [0.25, 0.3) is 0 Å². The van der Waals surface area contributed by atoms with Crippen molar-refractivity contribution in [2.24, 2.45) is 0 Å². The zero-order chi connectivity index (χ0) is 9.80. The maximum atomic E-state index is 2.17. The molecule has 1 nitrogen and oxygen atoms in total. The molecule has 0 aliphatic heterocycles. The average molecular weight is 253 g/mol. The number of benzene rings is 2. The standard InChI is InChI=1S/C12H10N.ClH.Ti/c1-3-7-11(8-4-1)13-12-9-5-2-6-10-12;;/h1-10H;1H;/q-1;;+1. The molecule has 0 unspecified atom stereocenters. The number of nitrogens with zero attached hydrogens (tertiary/aromatic N) is 1. The zero-order valence-corrected chi connectivity index (χ0v) is 10.5. The molecule has 0 saturated carbocycles.